The van der Waals surface area contributed by atoms with Crippen molar-refractivity contribution in [2.75, 3.05) is 13.1 Å². The standard InChI is InChI=1S/C26H33NO5/c1-16-13-21(23-19-8-3-4-9-20(19)25(29)32-22(23)14-16)31-17(2)24(28)27-12-11-26(30)10-6-5-7-18(26)15-27/h13-14,17-18,30H,3-12,15H2,1-2H3. The fourth-order valence-corrected chi connectivity index (χ4v) is 6.03. The Kier molecular flexibility index (Phi) is 5.52. The number of likely N-dealkylation sites (tertiary alicyclic amines) is 1. The van der Waals surface area contributed by atoms with Crippen molar-refractivity contribution in [1.82, 2.24) is 4.90 Å². The molecule has 2 fully saturated rings. The molecule has 0 bridgehead atoms. The number of piperidine rings is 1. The third kappa shape index (κ3) is 3.72. The lowest BCUT2D eigenvalue weighted by Gasteiger charge is -2.47. The zero-order valence-corrected chi connectivity index (χ0v) is 19.1. The summed E-state index contributed by atoms with van der Waals surface area (Å²) in [5, 5.41) is 11.8. The lowest BCUT2D eigenvalue weighted by molar-refractivity contribution is -0.149. The number of nitrogens with zero attached hydrogens (tertiary/aromatic N) is 1. The molecule has 6 heteroatoms. The molecule has 1 amide bonds. The number of aryl methyl sites for hydroxylation is 2. The first-order valence-corrected chi connectivity index (χ1v) is 12.1. The van der Waals surface area contributed by atoms with Gasteiger partial charge in [-0.2, -0.15) is 0 Å². The van der Waals surface area contributed by atoms with Crippen LogP contribution in [0.3, 0.4) is 0 Å². The summed E-state index contributed by atoms with van der Waals surface area (Å²) in [5.41, 5.74) is 2.38. The number of amides is 1. The van der Waals surface area contributed by atoms with Crippen molar-refractivity contribution in [2.45, 2.75) is 83.3 Å². The van der Waals surface area contributed by atoms with E-state index in [1.165, 1.54) is 0 Å². The second kappa shape index (κ2) is 8.22. The van der Waals surface area contributed by atoms with Gasteiger partial charge >= 0.3 is 5.63 Å². The molecule has 1 N–H and O–H groups in total. The average Bonchev–Trinajstić information content (AvgIpc) is 2.77. The van der Waals surface area contributed by atoms with Crippen molar-refractivity contribution < 1.29 is 19.1 Å². The molecule has 6 nitrogen and oxygen atoms in total. The summed E-state index contributed by atoms with van der Waals surface area (Å²) >= 11 is 0. The van der Waals surface area contributed by atoms with E-state index in [-0.39, 0.29) is 17.5 Å². The maximum Gasteiger partial charge on any atom is 0.339 e. The number of hydrogen-bond acceptors (Lipinski definition) is 5. The number of hydrogen-bond donors (Lipinski definition) is 1. The maximum absolute atomic E-state index is 13.3. The van der Waals surface area contributed by atoms with Gasteiger partial charge < -0.3 is 19.2 Å². The van der Waals surface area contributed by atoms with Crippen molar-refractivity contribution in [3.05, 3.63) is 39.2 Å². The van der Waals surface area contributed by atoms with Crippen molar-refractivity contribution >= 4 is 16.9 Å². The molecular formula is C26H33NO5. The molecule has 1 saturated heterocycles. The SMILES string of the molecule is Cc1cc(OC(C)C(=O)N2CCC3(O)CCCCC3C2)c2c3c(c(=O)oc2c1)CCCC3. The molecule has 3 unspecified atom stereocenters. The Morgan fingerprint density at radius 3 is 2.78 bits per heavy atom. The largest absolute Gasteiger partial charge is 0.480 e. The second-order valence-electron chi connectivity index (χ2n) is 10.0. The molecule has 1 aliphatic heterocycles. The summed E-state index contributed by atoms with van der Waals surface area (Å²) in [4.78, 5) is 27.6. The monoisotopic (exact) mass is 439 g/mol. The van der Waals surface area contributed by atoms with Gasteiger partial charge in [0.05, 0.1) is 11.0 Å². The van der Waals surface area contributed by atoms with Gasteiger partial charge in [-0.05, 0) is 82.1 Å². The average molecular weight is 440 g/mol. The number of carbonyl (C=O) groups is 1. The topological polar surface area (TPSA) is 80.0 Å². The summed E-state index contributed by atoms with van der Waals surface area (Å²) in [5.74, 6) is 0.731. The molecule has 2 heterocycles. The van der Waals surface area contributed by atoms with Gasteiger partial charge in [0.1, 0.15) is 11.3 Å². The van der Waals surface area contributed by atoms with Crippen LogP contribution in [0.2, 0.25) is 0 Å². The Morgan fingerprint density at radius 1 is 1.19 bits per heavy atom. The first kappa shape index (κ1) is 21.5. The summed E-state index contributed by atoms with van der Waals surface area (Å²) < 4.78 is 11.9. The molecule has 1 aromatic heterocycles. The van der Waals surface area contributed by atoms with Crippen molar-refractivity contribution in [3.63, 3.8) is 0 Å². The highest BCUT2D eigenvalue weighted by molar-refractivity contribution is 5.89. The van der Waals surface area contributed by atoms with E-state index in [0.29, 0.717) is 30.8 Å². The third-order valence-electron chi connectivity index (χ3n) is 7.82. The van der Waals surface area contributed by atoms with Gasteiger partial charge in [0, 0.05) is 24.6 Å². The van der Waals surface area contributed by atoms with E-state index < -0.39 is 11.7 Å². The number of fused-ring (bicyclic) bond motifs is 4. The fraction of sp³-hybridized carbons (Fsp3) is 0.615. The van der Waals surface area contributed by atoms with Crippen LogP contribution in [0.1, 0.15) is 68.6 Å². The van der Waals surface area contributed by atoms with E-state index in [4.69, 9.17) is 9.15 Å². The van der Waals surface area contributed by atoms with Crippen LogP contribution in [0.4, 0.5) is 0 Å². The normalized spacial score (nSPS) is 26.3. The van der Waals surface area contributed by atoms with Crippen LogP contribution in [0.15, 0.2) is 21.3 Å². The highest BCUT2D eigenvalue weighted by atomic mass is 16.5. The van der Waals surface area contributed by atoms with E-state index in [2.05, 4.69) is 0 Å². The smallest absolute Gasteiger partial charge is 0.339 e. The molecule has 172 valence electrons. The summed E-state index contributed by atoms with van der Waals surface area (Å²) in [6, 6.07) is 3.82. The van der Waals surface area contributed by atoms with Crippen molar-refractivity contribution in [1.29, 1.82) is 0 Å². The van der Waals surface area contributed by atoms with Gasteiger partial charge in [0.15, 0.2) is 6.10 Å². The Hall–Kier alpha value is -2.34. The minimum atomic E-state index is -0.652. The van der Waals surface area contributed by atoms with Crippen LogP contribution in [-0.2, 0) is 17.6 Å². The Bertz CT molecular complexity index is 1110. The highest BCUT2D eigenvalue weighted by Gasteiger charge is 2.44. The van der Waals surface area contributed by atoms with Gasteiger partial charge in [0.25, 0.3) is 5.91 Å². The predicted octanol–water partition coefficient (Wildman–Crippen LogP) is 3.90. The van der Waals surface area contributed by atoms with Crippen LogP contribution in [0.25, 0.3) is 11.0 Å². The van der Waals surface area contributed by atoms with Crippen LogP contribution < -0.4 is 10.4 Å². The third-order valence-corrected chi connectivity index (χ3v) is 7.82. The molecule has 0 radical (unpaired) electrons. The second-order valence-corrected chi connectivity index (χ2v) is 10.0. The van der Waals surface area contributed by atoms with Crippen molar-refractivity contribution in [3.8, 4) is 5.75 Å². The molecule has 2 aromatic rings. The zero-order valence-electron chi connectivity index (χ0n) is 19.1. The van der Waals surface area contributed by atoms with Gasteiger partial charge in [-0.3, -0.25) is 4.79 Å². The van der Waals surface area contributed by atoms with Crippen molar-refractivity contribution in [2.24, 2.45) is 5.92 Å². The van der Waals surface area contributed by atoms with Gasteiger partial charge in [-0.1, -0.05) is 12.8 Å². The number of aliphatic hydroxyl groups is 1. The zero-order chi connectivity index (χ0) is 22.5. The fourth-order valence-electron chi connectivity index (χ4n) is 6.03. The summed E-state index contributed by atoms with van der Waals surface area (Å²) in [6.45, 7) is 4.90. The quantitative estimate of drug-likeness (QED) is 0.734. The molecular weight excluding hydrogens is 406 g/mol. The number of rotatable bonds is 3. The van der Waals surface area contributed by atoms with E-state index in [1.807, 2.05) is 24.0 Å². The number of ether oxygens (including phenoxy) is 1. The number of carbonyl (C=O) groups excluding carboxylic acids is 1. The maximum atomic E-state index is 13.3. The minimum Gasteiger partial charge on any atom is -0.480 e. The lowest BCUT2D eigenvalue weighted by Crippen LogP contribution is -2.56. The van der Waals surface area contributed by atoms with E-state index in [0.717, 1.165) is 73.4 Å². The summed E-state index contributed by atoms with van der Waals surface area (Å²) in [7, 11) is 0. The van der Waals surface area contributed by atoms with Crippen LogP contribution in [0.5, 0.6) is 5.75 Å². The summed E-state index contributed by atoms with van der Waals surface area (Å²) in [6.07, 6.45) is 7.57. The van der Waals surface area contributed by atoms with Crippen LogP contribution in [-0.4, -0.2) is 40.7 Å². The Balaban J connectivity index is 1.42. The molecule has 3 aliphatic rings. The highest BCUT2D eigenvalue weighted by Crippen LogP contribution is 2.40. The minimum absolute atomic E-state index is 0.0430. The van der Waals surface area contributed by atoms with Gasteiger partial charge in [-0.25, -0.2) is 4.79 Å². The molecule has 5 rings (SSSR count). The number of benzene rings is 1. The van der Waals surface area contributed by atoms with Gasteiger partial charge in [-0.15, -0.1) is 0 Å². The lowest BCUT2D eigenvalue weighted by atomic mass is 9.71. The molecule has 0 spiro atoms. The Labute approximate surface area is 188 Å². The molecule has 3 atom stereocenters. The van der Waals surface area contributed by atoms with Crippen LogP contribution >= 0.6 is 0 Å². The molecule has 32 heavy (non-hydrogen) atoms. The van der Waals surface area contributed by atoms with E-state index >= 15 is 0 Å². The molecule has 1 aromatic carbocycles. The predicted molar refractivity (Wildman–Crippen MR) is 122 cm³/mol. The molecule has 2 aliphatic carbocycles. The van der Waals surface area contributed by atoms with E-state index in [9.17, 15) is 14.7 Å². The first-order valence-electron chi connectivity index (χ1n) is 12.1. The molecule has 1 saturated carbocycles. The van der Waals surface area contributed by atoms with Gasteiger partial charge in [0.2, 0.25) is 0 Å². The van der Waals surface area contributed by atoms with E-state index in [1.54, 1.807) is 6.92 Å². The van der Waals surface area contributed by atoms with Crippen LogP contribution in [0, 0.1) is 12.8 Å². The Morgan fingerprint density at radius 2 is 1.97 bits per heavy atom. The first-order chi connectivity index (χ1) is 15.4.